The van der Waals surface area contributed by atoms with Crippen LogP contribution in [0.2, 0.25) is 0 Å². The summed E-state index contributed by atoms with van der Waals surface area (Å²) in [6, 6.07) is 102. The van der Waals surface area contributed by atoms with Crippen molar-refractivity contribution < 1.29 is 0 Å². The largest absolute Gasteiger partial charge is 0.311 e. The summed E-state index contributed by atoms with van der Waals surface area (Å²) in [5, 5.41) is 4.96. The Labute approximate surface area is 477 Å². The van der Waals surface area contributed by atoms with Gasteiger partial charge >= 0.3 is 0 Å². The fourth-order valence-electron chi connectivity index (χ4n) is 15.4. The molecule has 4 aliphatic heterocycles. The van der Waals surface area contributed by atoms with Crippen LogP contribution in [0, 0.1) is 0 Å². The molecule has 2 aromatic heterocycles. The predicted octanol–water partition coefficient (Wildman–Crippen LogP) is 14.9. The molecule has 382 valence electrons. The SMILES string of the molecule is CC1(C)c2cc3c(cc2B2c4ccc5c6ccccc6n(-c6ccccc6)c5c4N(c4ccccc4)c4cccc1c42)B1c2ccc4c5ccccc5n(-c5ccccc5)c4c2N(c2ccccc2)c2cccc(c21)N3c1ccccc1. The molecule has 0 saturated carbocycles. The summed E-state index contributed by atoms with van der Waals surface area (Å²) < 4.78 is 5.05. The fourth-order valence-corrected chi connectivity index (χ4v) is 15.4. The number of hydrogen-bond acceptors (Lipinski definition) is 3. The van der Waals surface area contributed by atoms with E-state index in [9.17, 15) is 0 Å². The van der Waals surface area contributed by atoms with Crippen LogP contribution in [0.5, 0.6) is 0 Å². The van der Waals surface area contributed by atoms with Crippen LogP contribution in [0.15, 0.2) is 273 Å². The van der Waals surface area contributed by atoms with E-state index in [1.807, 2.05) is 0 Å². The summed E-state index contributed by atoms with van der Waals surface area (Å²) in [7, 11) is 0. The van der Waals surface area contributed by atoms with Crippen LogP contribution in [0.25, 0.3) is 55.0 Å². The second-order valence-electron chi connectivity index (χ2n) is 23.1. The lowest BCUT2D eigenvalue weighted by molar-refractivity contribution is 0.646. The van der Waals surface area contributed by atoms with Gasteiger partial charge in [-0.15, -0.1) is 0 Å². The molecule has 4 aliphatic rings. The van der Waals surface area contributed by atoms with E-state index in [2.05, 4.69) is 311 Å². The normalized spacial score (nSPS) is 14.2. The molecule has 0 bridgehead atoms. The van der Waals surface area contributed by atoms with Gasteiger partial charge in [-0.2, -0.15) is 0 Å². The van der Waals surface area contributed by atoms with E-state index in [4.69, 9.17) is 0 Å². The highest BCUT2D eigenvalue weighted by Gasteiger charge is 2.50. The summed E-state index contributed by atoms with van der Waals surface area (Å²) in [6.07, 6.45) is 0. The zero-order chi connectivity index (χ0) is 53.9. The van der Waals surface area contributed by atoms with Crippen molar-refractivity contribution in [2.45, 2.75) is 19.3 Å². The molecular formula is C75H51B2N5. The minimum Gasteiger partial charge on any atom is -0.311 e. The number of anilines is 9. The van der Waals surface area contributed by atoms with Crippen molar-refractivity contribution in [2.24, 2.45) is 0 Å². The Hall–Kier alpha value is -10.2. The highest BCUT2D eigenvalue weighted by atomic mass is 15.2. The molecule has 12 aromatic carbocycles. The lowest BCUT2D eigenvalue weighted by Crippen LogP contribution is -2.67. The van der Waals surface area contributed by atoms with Gasteiger partial charge in [-0.05, 0) is 136 Å². The molecule has 0 atom stereocenters. The predicted molar refractivity (Wildman–Crippen MR) is 347 cm³/mol. The average molecular weight is 1040 g/mol. The van der Waals surface area contributed by atoms with Crippen molar-refractivity contribution >= 4 is 141 Å². The molecule has 0 saturated heterocycles. The smallest absolute Gasteiger partial charge is 0.252 e. The van der Waals surface area contributed by atoms with E-state index in [-0.39, 0.29) is 18.8 Å². The summed E-state index contributed by atoms with van der Waals surface area (Å²) in [5.41, 5.74) is 28.0. The van der Waals surface area contributed by atoms with Gasteiger partial charge in [-0.1, -0.05) is 195 Å². The number of aromatic nitrogens is 2. The number of para-hydroxylation sites is 7. The number of hydrogen-bond donors (Lipinski definition) is 0. The van der Waals surface area contributed by atoms with Gasteiger partial charge in [-0.3, -0.25) is 0 Å². The first-order valence-corrected chi connectivity index (χ1v) is 28.8. The Balaban J connectivity index is 0.983. The molecule has 7 heteroatoms. The van der Waals surface area contributed by atoms with E-state index in [0.29, 0.717) is 0 Å². The van der Waals surface area contributed by atoms with Crippen LogP contribution in [-0.2, 0) is 5.41 Å². The summed E-state index contributed by atoms with van der Waals surface area (Å²) in [4.78, 5) is 7.75. The van der Waals surface area contributed by atoms with E-state index in [1.54, 1.807) is 0 Å². The highest BCUT2D eigenvalue weighted by Crippen LogP contribution is 2.51. The van der Waals surface area contributed by atoms with Crippen molar-refractivity contribution in [3.63, 3.8) is 0 Å². The Kier molecular flexibility index (Phi) is 9.40. The van der Waals surface area contributed by atoms with Crippen molar-refractivity contribution in [2.75, 3.05) is 14.7 Å². The van der Waals surface area contributed by atoms with Gasteiger partial charge in [0.15, 0.2) is 0 Å². The Morgan fingerprint density at radius 3 is 1.18 bits per heavy atom. The van der Waals surface area contributed by atoms with Gasteiger partial charge in [0.2, 0.25) is 6.71 Å². The molecule has 0 amide bonds. The number of nitrogens with zero attached hydrogens (tertiary/aromatic N) is 5. The van der Waals surface area contributed by atoms with Crippen LogP contribution in [-0.4, -0.2) is 22.6 Å². The van der Waals surface area contributed by atoms with Gasteiger partial charge in [0.25, 0.3) is 6.71 Å². The summed E-state index contributed by atoms with van der Waals surface area (Å²) >= 11 is 0. The summed E-state index contributed by atoms with van der Waals surface area (Å²) in [6.45, 7) is 4.73. The first-order chi connectivity index (χ1) is 40.5. The van der Waals surface area contributed by atoms with Crippen LogP contribution >= 0.6 is 0 Å². The minimum atomic E-state index is -0.378. The second kappa shape index (κ2) is 16.9. The fraction of sp³-hybridized carbons (Fsp3) is 0.0400. The van der Waals surface area contributed by atoms with E-state index >= 15 is 0 Å². The van der Waals surface area contributed by atoms with Crippen LogP contribution in [0.4, 0.5) is 51.2 Å². The third kappa shape index (κ3) is 6.04. The molecule has 5 nitrogen and oxygen atoms in total. The standard InChI is InChI=1S/C75H51B2N5/c1-75(2)57-36-22-39-65-69(57)76(59-44-42-55-53-34-18-20-37-63(53)79(49-26-10-4-11-27-49)71(55)73(59)81(65)51-30-14-6-15-31-51)61-47-62-68(46-58(61)75)78(48-24-8-3-9-25-48)66-40-23-41-67-70(66)77(62)60-45-43-56-54-35-19-21-38-64(54)80(50-28-12-5-13-29-50)72(56)74(60)82(67)52-32-16-7-17-33-52/h3-47H,1-2H3. The zero-order valence-corrected chi connectivity index (χ0v) is 45.4. The maximum atomic E-state index is 2.69. The van der Waals surface area contributed by atoms with Gasteiger partial charge in [0.1, 0.15) is 0 Å². The van der Waals surface area contributed by atoms with Gasteiger partial charge in [0.05, 0.1) is 33.4 Å². The van der Waals surface area contributed by atoms with Crippen LogP contribution < -0.4 is 47.5 Å². The number of benzene rings is 12. The molecule has 82 heavy (non-hydrogen) atoms. The van der Waals surface area contributed by atoms with Crippen molar-refractivity contribution in [3.05, 3.63) is 284 Å². The van der Waals surface area contributed by atoms with Crippen LogP contribution in [0.1, 0.15) is 25.0 Å². The quantitative estimate of drug-likeness (QED) is 0.160. The number of fused-ring (bicyclic) bond motifs is 16. The topological polar surface area (TPSA) is 19.6 Å². The molecule has 0 fully saturated rings. The lowest BCUT2D eigenvalue weighted by Gasteiger charge is -2.48. The van der Waals surface area contributed by atoms with Gasteiger partial charge < -0.3 is 23.8 Å². The molecule has 0 N–H and O–H groups in total. The molecule has 14 aromatic rings. The summed E-state index contributed by atoms with van der Waals surface area (Å²) in [5.74, 6) is 0. The third-order valence-corrected chi connectivity index (χ3v) is 18.7. The zero-order valence-electron chi connectivity index (χ0n) is 45.4. The molecule has 0 spiro atoms. The molecule has 0 aliphatic carbocycles. The Bertz CT molecular complexity index is 4980. The van der Waals surface area contributed by atoms with Gasteiger partial charge in [-0.25, -0.2) is 0 Å². The first kappa shape index (κ1) is 45.6. The van der Waals surface area contributed by atoms with E-state index < -0.39 is 0 Å². The molecule has 18 rings (SSSR count). The maximum absolute atomic E-state index is 2.69. The monoisotopic (exact) mass is 1040 g/mol. The van der Waals surface area contributed by atoms with Crippen molar-refractivity contribution in [1.82, 2.24) is 9.13 Å². The average Bonchev–Trinajstić information content (AvgIpc) is 1.17. The van der Waals surface area contributed by atoms with E-state index in [0.717, 1.165) is 28.4 Å². The van der Waals surface area contributed by atoms with Gasteiger partial charge in [0, 0.05) is 78.1 Å². The number of rotatable bonds is 5. The Morgan fingerprint density at radius 2 is 0.683 bits per heavy atom. The lowest BCUT2D eigenvalue weighted by atomic mass is 9.28. The minimum absolute atomic E-state index is 0.0880. The maximum Gasteiger partial charge on any atom is 0.252 e. The van der Waals surface area contributed by atoms with E-state index in [1.165, 1.54) is 122 Å². The highest BCUT2D eigenvalue weighted by molar-refractivity contribution is 7.02. The first-order valence-electron chi connectivity index (χ1n) is 28.8. The Morgan fingerprint density at radius 1 is 0.280 bits per heavy atom. The molecule has 0 unspecified atom stereocenters. The third-order valence-electron chi connectivity index (χ3n) is 18.7. The second-order valence-corrected chi connectivity index (χ2v) is 23.1. The van der Waals surface area contributed by atoms with Crippen molar-refractivity contribution in [1.29, 1.82) is 0 Å². The van der Waals surface area contributed by atoms with Crippen molar-refractivity contribution in [3.8, 4) is 11.4 Å². The molecule has 0 radical (unpaired) electrons. The van der Waals surface area contributed by atoms with Crippen LogP contribution in [0.3, 0.4) is 0 Å². The molecular weight excluding hydrogens is 992 g/mol. The molecule has 6 heterocycles.